The van der Waals surface area contributed by atoms with E-state index in [-0.39, 0.29) is 17.1 Å². The van der Waals surface area contributed by atoms with Crippen molar-refractivity contribution in [1.29, 1.82) is 0 Å². The van der Waals surface area contributed by atoms with Gasteiger partial charge in [-0.1, -0.05) is 38.8 Å². The maximum Gasteiger partial charge on any atom is 0.191 e. The van der Waals surface area contributed by atoms with Gasteiger partial charge in [0.2, 0.25) is 0 Å². The molecule has 124 valence electrons. The Morgan fingerprint density at radius 2 is 1.82 bits per heavy atom. The molecule has 0 aliphatic heterocycles. The van der Waals surface area contributed by atoms with Gasteiger partial charge in [0.05, 0.1) is 6.61 Å². The number of sulfone groups is 1. The number of carbonyl (C=O) groups excluding carboxylic acids is 1. The number of benzene rings is 1. The molecular formula is C17H26O4S. The van der Waals surface area contributed by atoms with Crippen LogP contribution >= 0.6 is 0 Å². The van der Waals surface area contributed by atoms with Gasteiger partial charge in [-0.2, -0.15) is 0 Å². The normalized spacial score (nSPS) is 12.9. The molecule has 22 heavy (non-hydrogen) atoms. The van der Waals surface area contributed by atoms with Crippen molar-refractivity contribution in [3.05, 3.63) is 24.3 Å². The zero-order valence-corrected chi connectivity index (χ0v) is 14.5. The highest BCUT2D eigenvalue weighted by Gasteiger charge is 2.31. The van der Waals surface area contributed by atoms with Crippen LogP contribution in [0.25, 0.3) is 0 Å². The highest BCUT2D eigenvalue weighted by atomic mass is 32.2. The first-order valence-corrected chi connectivity index (χ1v) is 9.48. The minimum absolute atomic E-state index is 0.114. The molecule has 4 nitrogen and oxygen atoms in total. The lowest BCUT2D eigenvalue weighted by Crippen LogP contribution is -2.27. The highest BCUT2D eigenvalue weighted by Crippen LogP contribution is 2.28. The van der Waals surface area contributed by atoms with Crippen molar-refractivity contribution < 1.29 is 17.9 Å². The second-order valence-corrected chi connectivity index (χ2v) is 7.64. The quantitative estimate of drug-likeness (QED) is 0.614. The van der Waals surface area contributed by atoms with E-state index in [1.165, 1.54) is 13.0 Å². The summed E-state index contributed by atoms with van der Waals surface area (Å²) in [5, 5.41) is -1.03. The Morgan fingerprint density at radius 3 is 2.45 bits per heavy atom. The molecule has 0 saturated carbocycles. The molecule has 0 fully saturated rings. The molecule has 0 aromatic heterocycles. The molecule has 0 N–H and O–H groups in total. The minimum atomic E-state index is -3.71. The lowest BCUT2D eigenvalue weighted by atomic mass is 10.2. The van der Waals surface area contributed by atoms with Crippen LogP contribution in [-0.4, -0.2) is 26.1 Å². The van der Waals surface area contributed by atoms with E-state index >= 15 is 0 Å². The van der Waals surface area contributed by atoms with E-state index in [1.807, 2.05) is 6.92 Å². The third kappa shape index (κ3) is 4.83. The third-order valence-corrected chi connectivity index (χ3v) is 5.72. The summed E-state index contributed by atoms with van der Waals surface area (Å²) >= 11 is 0. The van der Waals surface area contributed by atoms with Gasteiger partial charge in [0.25, 0.3) is 0 Å². The van der Waals surface area contributed by atoms with Crippen LogP contribution < -0.4 is 4.74 Å². The van der Waals surface area contributed by atoms with Gasteiger partial charge in [0.1, 0.15) is 15.9 Å². The van der Waals surface area contributed by atoms with Crippen molar-refractivity contribution in [3.63, 3.8) is 0 Å². The molecule has 0 amide bonds. The zero-order chi connectivity index (χ0) is 16.6. The Balaban J connectivity index is 2.96. The van der Waals surface area contributed by atoms with Crippen LogP contribution in [0.15, 0.2) is 29.2 Å². The Morgan fingerprint density at radius 1 is 1.14 bits per heavy atom. The van der Waals surface area contributed by atoms with Crippen LogP contribution in [0, 0.1) is 0 Å². The van der Waals surface area contributed by atoms with E-state index < -0.39 is 15.1 Å². The fourth-order valence-electron chi connectivity index (χ4n) is 2.15. The molecule has 0 aliphatic carbocycles. The molecule has 1 aromatic carbocycles. The lowest BCUT2D eigenvalue weighted by Gasteiger charge is -2.15. The van der Waals surface area contributed by atoms with Crippen LogP contribution in [0.3, 0.4) is 0 Å². The van der Waals surface area contributed by atoms with Crippen molar-refractivity contribution in [3.8, 4) is 5.75 Å². The molecule has 0 bridgehead atoms. The van der Waals surface area contributed by atoms with Crippen molar-refractivity contribution in [2.24, 2.45) is 0 Å². The second kappa shape index (κ2) is 8.93. The molecule has 0 aliphatic rings. The van der Waals surface area contributed by atoms with E-state index in [1.54, 1.807) is 18.2 Å². The van der Waals surface area contributed by atoms with E-state index in [0.717, 1.165) is 19.3 Å². The molecule has 1 atom stereocenters. The molecule has 1 unspecified atom stereocenters. The summed E-state index contributed by atoms with van der Waals surface area (Å²) in [7, 11) is -3.71. The van der Waals surface area contributed by atoms with Gasteiger partial charge >= 0.3 is 0 Å². The predicted molar refractivity (Wildman–Crippen MR) is 88.0 cm³/mol. The van der Waals surface area contributed by atoms with Crippen molar-refractivity contribution in [2.75, 3.05) is 6.61 Å². The van der Waals surface area contributed by atoms with Gasteiger partial charge in [-0.25, -0.2) is 8.42 Å². The monoisotopic (exact) mass is 326 g/mol. The predicted octanol–water partition coefficient (Wildman–Crippen LogP) is 3.79. The largest absolute Gasteiger partial charge is 0.492 e. The van der Waals surface area contributed by atoms with Crippen LogP contribution in [0.2, 0.25) is 0 Å². The summed E-state index contributed by atoms with van der Waals surface area (Å²) in [6.45, 7) is 5.90. The van der Waals surface area contributed by atoms with Crippen LogP contribution in [0.4, 0.5) is 0 Å². The van der Waals surface area contributed by atoms with E-state index in [4.69, 9.17) is 4.74 Å². The summed E-state index contributed by atoms with van der Waals surface area (Å²) in [5.74, 6) is 0.0954. The number of para-hydroxylation sites is 1. The smallest absolute Gasteiger partial charge is 0.191 e. The van der Waals surface area contributed by atoms with Gasteiger partial charge in [-0.3, -0.25) is 4.79 Å². The maximum absolute atomic E-state index is 12.7. The molecule has 0 heterocycles. The summed E-state index contributed by atoms with van der Waals surface area (Å²) in [5.41, 5.74) is 0. The topological polar surface area (TPSA) is 60.4 Å². The molecule has 1 aromatic rings. The lowest BCUT2D eigenvalue weighted by molar-refractivity contribution is -0.118. The summed E-state index contributed by atoms with van der Waals surface area (Å²) in [6, 6.07) is 6.56. The second-order valence-electron chi connectivity index (χ2n) is 5.41. The summed E-state index contributed by atoms with van der Waals surface area (Å²) < 4.78 is 30.9. The number of ether oxygens (including phenoxy) is 1. The Bertz CT molecular complexity index is 578. The Labute approximate surface area is 133 Å². The average molecular weight is 326 g/mol. The molecule has 5 heteroatoms. The molecule has 0 saturated heterocycles. The highest BCUT2D eigenvalue weighted by molar-refractivity contribution is 7.92. The van der Waals surface area contributed by atoms with Gasteiger partial charge in [0, 0.05) is 6.42 Å². The first-order chi connectivity index (χ1) is 10.4. The minimum Gasteiger partial charge on any atom is -0.492 e. The van der Waals surface area contributed by atoms with E-state index in [9.17, 15) is 13.2 Å². The number of Topliss-reactive ketones (excluding diaryl/α,β-unsaturated/α-hetero) is 1. The summed E-state index contributed by atoms with van der Waals surface area (Å²) in [6.07, 6.45) is 3.93. The summed E-state index contributed by atoms with van der Waals surface area (Å²) in [4.78, 5) is 12.1. The molecule has 0 radical (unpaired) electrons. The van der Waals surface area contributed by atoms with Crippen molar-refractivity contribution in [2.45, 2.75) is 63.0 Å². The van der Waals surface area contributed by atoms with E-state index in [0.29, 0.717) is 18.8 Å². The number of ketones is 1. The van der Waals surface area contributed by atoms with Crippen LogP contribution in [0.5, 0.6) is 5.75 Å². The molecular weight excluding hydrogens is 300 g/mol. The van der Waals surface area contributed by atoms with Crippen LogP contribution in [0.1, 0.15) is 52.9 Å². The first-order valence-electron chi connectivity index (χ1n) is 7.93. The fourth-order valence-corrected chi connectivity index (χ4v) is 3.67. The van der Waals surface area contributed by atoms with Gasteiger partial charge < -0.3 is 4.74 Å². The van der Waals surface area contributed by atoms with Gasteiger partial charge in [-0.15, -0.1) is 0 Å². The Kier molecular flexibility index (Phi) is 7.59. The third-order valence-electron chi connectivity index (χ3n) is 3.58. The molecule has 0 spiro atoms. The maximum atomic E-state index is 12.7. The number of hydrogen-bond acceptors (Lipinski definition) is 4. The average Bonchev–Trinajstić information content (AvgIpc) is 2.51. The van der Waals surface area contributed by atoms with Gasteiger partial charge in [-0.05, 0) is 31.9 Å². The molecule has 1 rings (SSSR count). The van der Waals surface area contributed by atoms with Crippen molar-refractivity contribution >= 4 is 15.6 Å². The first kappa shape index (κ1) is 18.7. The van der Waals surface area contributed by atoms with Crippen LogP contribution in [-0.2, 0) is 14.6 Å². The Hall–Kier alpha value is -1.36. The van der Waals surface area contributed by atoms with Crippen molar-refractivity contribution in [1.82, 2.24) is 0 Å². The number of carbonyl (C=O) groups is 1. The number of rotatable bonds is 10. The zero-order valence-electron chi connectivity index (χ0n) is 13.7. The number of hydrogen-bond donors (Lipinski definition) is 0. The fraction of sp³-hybridized carbons (Fsp3) is 0.588. The van der Waals surface area contributed by atoms with E-state index in [2.05, 4.69) is 6.92 Å². The number of unbranched alkanes of at least 4 members (excludes halogenated alkanes) is 2. The van der Waals surface area contributed by atoms with Gasteiger partial charge in [0.15, 0.2) is 15.6 Å². The standard InChI is InChI=1S/C17H26O4S/c1-4-6-9-13-21-16-11-7-8-12-17(16)22(19,20)14(3)15(18)10-5-2/h7-8,11-12,14H,4-6,9-10,13H2,1-3H3. The SMILES string of the molecule is CCCCCOc1ccccc1S(=O)(=O)C(C)C(=O)CCC.